The zero-order chi connectivity index (χ0) is 19.8. The number of ketones is 1. The van der Waals surface area contributed by atoms with Crippen LogP contribution in [0.2, 0.25) is 0 Å². The Hall–Kier alpha value is -3.11. The average molecular weight is 397 g/mol. The van der Waals surface area contributed by atoms with E-state index in [0.29, 0.717) is 12.3 Å². The Labute approximate surface area is 174 Å². The van der Waals surface area contributed by atoms with E-state index >= 15 is 0 Å². The molecular formula is C25H20N2OS. The molecule has 0 atom stereocenters. The van der Waals surface area contributed by atoms with Gasteiger partial charge in [-0.3, -0.25) is 4.79 Å². The van der Waals surface area contributed by atoms with Crippen molar-refractivity contribution in [2.75, 3.05) is 5.75 Å². The summed E-state index contributed by atoms with van der Waals surface area (Å²) in [5, 5.41) is 0.853. The number of fused-ring (bicyclic) bond motifs is 4. The molecule has 0 saturated heterocycles. The second-order valence-corrected chi connectivity index (χ2v) is 8.14. The molecule has 0 amide bonds. The van der Waals surface area contributed by atoms with Crippen LogP contribution in [0.4, 0.5) is 0 Å². The van der Waals surface area contributed by atoms with Gasteiger partial charge in [0, 0.05) is 12.1 Å². The first-order chi connectivity index (χ1) is 14.2. The molecule has 4 aromatic rings. The first-order valence-corrected chi connectivity index (χ1v) is 10.7. The van der Waals surface area contributed by atoms with E-state index in [1.807, 2.05) is 30.3 Å². The van der Waals surface area contributed by atoms with Crippen molar-refractivity contribution in [1.29, 1.82) is 0 Å². The van der Waals surface area contributed by atoms with Crippen LogP contribution in [0.5, 0.6) is 0 Å². The van der Waals surface area contributed by atoms with Crippen molar-refractivity contribution in [3.05, 3.63) is 96.1 Å². The summed E-state index contributed by atoms with van der Waals surface area (Å²) in [6, 6.07) is 22.6. The number of carbonyl (C=O) groups is 1. The number of para-hydroxylation sites is 2. The molecule has 4 heteroatoms. The second-order valence-electron chi connectivity index (χ2n) is 7.20. The van der Waals surface area contributed by atoms with E-state index in [0.717, 1.165) is 28.2 Å². The summed E-state index contributed by atoms with van der Waals surface area (Å²) in [6.07, 6.45) is 2.80. The molecule has 0 N–H and O–H groups in total. The van der Waals surface area contributed by atoms with Crippen LogP contribution in [0.3, 0.4) is 0 Å². The maximum absolute atomic E-state index is 12.9. The van der Waals surface area contributed by atoms with Gasteiger partial charge in [0.1, 0.15) is 0 Å². The molecule has 29 heavy (non-hydrogen) atoms. The minimum atomic E-state index is 0.124. The van der Waals surface area contributed by atoms with Gasteiger partial charge in [-0.15, -0.1) is 6.58 Å². The highest BCUT2D eigenvalue weighted by atomic mass is 32.2. The normalized spacial score (nSPS) is 12.0. The van der Waals surface area contributed by atoms with E-state index in [-0.39, 0.29) is 5.78 Å². The van der Waals surface area contributed by atoms with Gasteiger partial charge in [-0.05, 0) is 46.9 Å². The number of carbonyl (C=O) groups excluding carboxylic acids is 1. The van der Waals surface area contributed by atoms with Crippen LogP contribution in [-0.4, -0.2) is 21.1 Å². The van der Waals surface area contributed by atoms with Gasteiger partial charge < -0.3 is 4.57 Å². The number of imidazole rings is 1. The Morgan fingerprint density at radius 1 is 1.03 bits per heavy atom. The van der Waals surface area contributed by atoms with Crippen molar-refractivity contribution < 1.29 is 4.79 Å². The van der Waals surface area contributed by atoms with Crippen molar-refractivity contribution >= 4 is 28.6 Å². The van der Waals surface area contributed by atoms with E-state index in [2.05, 4.69) is 53.6 Å². The molecule has 3 aromatic carbocycles. The van der Waals surface area contributed by atoms with Crippen LogP contribution < -0.4 is 0 Å². The molecular weight excluding hydrogens is 376 g/mol. The molecule has 0 saturated carbocycles. The van der Waals surface area contributed by atoms with Gasteiger partial charge in [-0.1, -0.05) is 66.4 Å². The van der Waals surface area contributed by atoms with Crippen LogP contribution in [-0.2, 0) is 13.0 Å². The van der Waals surface area contributed by atoms with E-state index in [9.17, 15) is 4.79 Å². The summed E-state index contributed by atoms with van der Waals surface area (Å²) >= 11 is 1.49. The third kappa shape index (κ3) is 3.19. The molecule has 1 heterocycles. The summed E-state index contributed by atoms with van der Waals surface area (Å²) in [5.74, 6) is 0.486. The van der Waals surface area contributed by atoms with Crippen LogP contribution in [0, 0.1) is 0 Å². The topological polar surface area (TPSA) is 34.9 Å². The highest BCUT2D eigenvalue weighted by Gasteiger charge is 2.20. The summed E-state index contributed by atoms with van der Waals surface area (Å²) in [4.78, 5) is 17.6. The van der Waals surface area contributed by atoms with Crippen molar-refractivity contribution in [2.45, 2.75) is 18.1 Å². The molecule has 1 aliphatic rings. The molecule has 142 valence electrons. The molecule has 1 aliphatic carbocycles. The lowest BCUT2D eigenvalue weighted by Crippen LogP contribution is -2.05. The monoisotopic (exact) mass is 396 g/mol. The molecule has 5 rings (SSSR count). The number of aromatic nitrogens is 2. The molecule has 0 radical (unpaired) electrons. The fourth-order valence-electron chi connectivity index (χ4n) is 3.98. The van der Waals surface area contributed by atoms with Crippen LogP contribution in [0.15, 0.2) is 84.5 Å². The van der Waals surface area contributed by atoms with Crippen molar-refractivity contribution in [3.63, 3.8) is 0 Å². The second kappa shape index (κ2) is 7.37. The van der Waals surface area contributed by atoms with Gasteiger partial charge in [-0.2, -0.15) is 0 Å². The fourth-order valence-corrected chi connectivity index (χ4v) is 4.90. The van der Waals surface area contributed by atoms with E-state index in [1.54, 1.807) is 0 Å². The van der Waals surface area contributed by atoms with Crippen LogP contribution in [0.25, 0.3) is 22.2 Å². The van der Waals surface area contributed by atoms with Gasteiger partial charge in [0.2, 0.25) is 0 Å². The number of hydrogen-bond acceptors (Lipinski definition) is 3. The molecule has 0 aliphatic heterocycles. The quantitative estimate of drug-likeness (QED) is 0.208. The molecule has 1 aromatic heterocycles. The van der Waals surface area contributed by atoms with Crippen LogP contribution >= 0.6 is 11.8 Å². The number of allylic oxidation sites excluding steroid dienone is 1. The lowest BCUT2D eigenvalue weighted by molar-refractivity contribution is 0.102. The Morgan fingerprint density at radius 3 is 2.72 bits per heavy atom. The Balaban J connectivity index is 1.39. The summed E-state index contributed by atoms with van der Waals surface area (Å²) in [6.45, 7) is 4.53. The lowest BCUT2D eigenvalue weighted by Gasteiger charge is -2.07. The highest BCUT2D eigenvalue weighted by molar-refractivity contribution is 7.99. The van der Waals surface area contributed by atoms with E-state index < -0.39 is 0 Å². The minimum Gasteiger partial charge on any atom is -0.315 e. The first kappa shape index (κ1) is 18.0. The summed E-state index contributed by atoms with van der Waals surface area (Å²) in [7, 11) is 0. The van der Waals surface area contributed by atoms with Gasteiger partial charge in [-0.25, -0.2) is 4.98 Å². The Morgan fingerprint density at radius 2 is 1.83 bits per heavy atom. The molecule has 0 fully saturated rings. The number of Topliss-reactive ketones (excluding diaryl/α,β-unsaturated/α-hetero) is 1. The van der Waals surface area contributed by atoms with Crippen molar-refractivity contribution in [1.82, 2.24) is 9.55 Å². The standard InChI is InChI=1S/C25H20N2OS/c1-2-13-27-23-10-6-5-9-22(23)26-25(27)29-16-24(28)19-12-11-18-14-17-7-3-4-8-20(17)21(18)15-19/h2-12,15H,1,13-14,16H2. The number of benzene rings is 3. The maximum Gasteiger partial charge on any atom is 0.173 e. The van der Waals surface area contributed by atoms with Gasteiger partial charge in [0.05, 0.1) is 16.8 Å². The van der Waals surface area contributed by atoms with E-state index in [1.165, 1.54) is 34.0 Å². The zero-order valence-electron chi connectivity index (χ0n) is 16.0. The average Bonchev–Trinajstić information content (AvgIpc) is 3.30. The van der Waals surface area contributed by atoms with E-state index in [4.69, 9.17) is 4.98 Å². The SMILES string of the molecule is C=CCn1c(SCC(=O)c2ccc3c(c2)-c2ccccc2C3)nc2ccccc21. The molecule has 0 spiro atoms. The summed E-state index contributed by atoms with van der Waals surface area (Å²) in [5.41, 5.74) is 7.84. The lowest BCUT2D eigenvalue weighted by atomic mass is 10.0. The zero-order valence-corrected chi connectivity index (χ0v) is 16.8. The fraction of sp³-hybridized carbons (Fsp3) is 0.120. The minimum absolute atomic E-state index is 0.124. The highest BCUT2D eigenvalue weighted by Crippen LogP contribution is 2.37. The number of hydrogen-bond donors (Lipinski definition) is 0. The molecule has 0 bridgehead atoms. The summed E-state index contributed by atoms with van der Waals surface area (Å²) < 4.78 is 2.11. The number of rotatable bonds is 6. The predicted octanol–water partition coefficient (Wildman–Crippen LogP) is 5.77. The van der Waals surface area contributed by atoms with Gasteiger partial charge in [0.15, 0.2) is 10.9 Å². The number of thioether (sulfide) groups is 1. The Bertz CT molecular complexity index is 1250. The smallest absolute Gasteiger partial charge is 0.173 e. The first-order valence-electron chi connectivity index (χ1n) is 9.68. The predicted molar refractivity (Wildman–Crippen MR) is 120 cm³/mol. The Kier molecular flexibility index (Phi) is 4.57. The van der Waals surface area contributed by atoms with Gasteiger partial charge >= 0.3 is 0 Å². The molecule has 0 unspecified atom stereocenters. The number of nitrogens with zero attached hydrogens (tertiary/aromatic N) is 2. The molecule has 3 nitrogen and oxygen atoms in total. The maximum atomic E-state index is 12.9. The van der Waals surface area contributed by atoms with Crippen LogP contribution in [0.1, 0.15) is 21.5 Å². The van der Waals surface area contributed by atoms with Gasteiger partial charge in [0.25, 0.3) is 0 Å². The van der Waals surface area contributed by atoms with Crippen molar-refractivity contribution in [2.24, 2.45) is 0 Å². The van der Waals surface area contributed by atoms with Crippen molar-refractivity contribution in [3.8, 4) is 11.1 Å². The largest absolute Gasteiger partial charge is 0.315 e. The third-order valence-electron chi connectivity index (χ3n) is 5.38. The third-order valence-corrected chi connectivity index (χ3v) is 6.36.